The topological polar surface area (TPSA) is 98.4 Å². The molecule has 4 rings (SSSR count). The Balaban J connectivity index is 1.76. The number of nitrogens with zero attached hydrogens (tertiary/aromatic N) is 3. The lowest BCUT2D eigenvalue weighted by Crippen LogP contribution is -2.31. The van der Waals surface area contributed by atoms with Crippen molar-refractivity contribution >= 4 is 28.7 Å². The summed E-state index contributed by atoms with van der Waals surface area (Å²) < 4.78 is 5.22. The van der Waals surface area contributed by atoms with Gasteiger partial charge in [0.1, 0.15) is 5.69 Å². The minimum atomic E-state index is -0.879. The van der Waals surface area contributed by atoms with Crippen molar-refractivity contribution in [3.8, 4) is 0 Å². The van der Waals surface area contributed by atoms with Crippen LogP contribution in [0, 0.1) is 0 Å². The average molecular weight is 404 g/mol. The zero-order valence-corrected chi connectivity index (χ0v) is 17.3. The predicted octanol–water partition coefficient (Wildman–Crippen LogP) is 3.21. The number of benzene rings is 2. The Labute approximate surface area is 174 Å². The van der Waals surface area contributed by atoms with Gasteiger partial charge < -0.3 is 15.4 Å². The molecular weight excluding hydrogens is 380 g/mol. The summed E-state index contributed by atoms with van der Waals surface area (Å²) in [7, 11) is 0. The van der Waals surface area contributed by atoms with Gasteiger partial charge in [-0.3, -0.25) is 9.59 Å². The molecule has 154 valence electrons. The van der Waals surface area contributed by atoms with E-state index in [1.54, 1.807) is 37.8 Å². The van der Waals surface area contributed by atoms with Gasteiger partial charge in [-0.2, -0.15) is 0 Å². The van der Waals surface area contributed by atoms with Crippen LogP contribution in [0.5, 0.6) is 0 Å². The normalized spacial score (nSPS) is 13.4. The van der Waals surface area contributed by atoms with Crippen LogP contribution in [0.1, 0.15) is 48.0 Å². The summed E-state index contributed by atoms with van der Waals surface area (Å²) in [5.74, 6) is -0.500. The summed E-state index contributed by atoms with van der Waals surface area (Å²) >= 11 is 0. The zero-order chi connectivity index (χ0) is 21.5. The van der Waals surface area contributed by atoms with Crippen LogP contribution in [-0.2, 0) is 28.0 Å². The van der Waals surface area contributed by atoms with Crippen LogP contribution in [-0.4, -0.2) is 33.4 Å². The van der Waals surface area contributed by atoms with Crippen LogP contribution >= 0.6 is 0 Å². The second-order valence-corrected chi connectivity index (χ2v) is 7.94. The maximum Gasteiger partial charge on any atom is 0.315 e. The van der Waals surface area contributed by atoms with Gasteiger partial charge in [-0.25, -0.2) is 9.97 Å². The number of aromatic nitrogens is 2. The van der Waals surface area contributed by atoms with Crippen LogP contribution in [0.2, 0.25) is 0 Å². The molecule has 1 aromatic heterocycles. The highest BCUT2D eigenvalue weighted by Gasteiger charge is 2.33. The van der Waals surface area contributed by atoms with Crippen LogP contribution < -0.4 is 5.73 Å². The fourth-order valence-electron chi connectivity index (χ4n) is 3.75. The predicted molar refractivity (Wildman–Crippen MR) is 114 cm³/mol. The first-order valence-corrected chi connectivity index (χ1v) is 9.92. The van der Waals surface area contributed by atoms with E-state index in [2.05, 4.69) is 9.97 Å². The van der Waals surface area contributed by atoms with E-state index in [4.69, 9.17) is 10.5 Å². The molecule has 7 heteroatoms. The van der Waals surface area contributed by atoms with Crippen LogP contribution in [0.15, 0.2) is 42.5 Å². The Morgan fingerprint density at radius 1 is 1.10 bits per heavy atom. The third-order valence-corrected chi connectivity index (χ3v) is 5.55. The molecule has 2 aromatic carbocycles. The van der Waals surface area contributed by atoms with Crippen LogP contribution in [0.4, 0.5) is 5.95 Å². The second kappa shape index (κ2) is 7.40. The summed E-state index contributed by atoms with van der Waals surface area (Å²) in [4.78, 5) is 36.1. The lowest BCUT2D eigenvalue weighted by Gasteiger charge is -2.23. The molecule has 3 aromatic rings. The monoisotopic (exact) mass is 404 g/mol. The van der Waals surface area contributed by atoms with Crippen LogP contribution in [0.3, 0.4) is 0 Å². The summed E-state index contributed by atoms with van der Waals surface area (Å²) in [6, 6.07) is 13.3. The van der Waals surface area contributed by atoms with Gasteiger partial charge in [0.05, 0.1) is 17.5 Å². The Morgan fingerprint density at radius 3 is 2.40 bits per heavy atom. The number of hydrogen-bond acceptors (Lipinski definition) is 6. The summed E-state index contributed by atoms with van der Waals surface area (Å²) in [5.41, 5.74) is 8.79. The molecule has 1 aliphatic rings. The first-order chi connectivity index (χ1) is 14.3. The van der Waals surface area contributed by atoms with Crippen molar-refractivity contribution in [2.75, 3.05) is 12.3 Å². The molecule has 2 N–H and O–H groups in total. The minimum Gasteiger partial charge on any atom is -0.465 e. The molecule has 1 aliphatic heterocycles. The highest BCUT2D eigenvalue weighted by atomic mass is 16.5. The maximum absolute atomic E-state index is 13.4. The van der Waals surface area contributed by atoms with Gasteiger partial charge in [0, 0.05) is 18.5 Å². The van der Waals surface area contributed by atoms with E-state index in [0.717, 1.165) is 16.7 Å². The lowest BCUT2D eigenvalue weighted by atomic mass is 9.84. The van der Waals surface area contributed by atoms with Crippen molar-refractivity contribution < 1.29 is 14.3 Å². The summed E-state index contributed by atoms with van der Waals surface area (Å²) in [6.07, 6.45) is 0. The number of nitrogens with two attached hydrogens (primary N) is 1. The van der Waals surface area contributed by atoms with Gasteiger partial charge in [0.15, 0.2) is 0 Å². The number of hydrogen-bond donors (Lipinski definition) is 1. The van der Waals surface area contributed by atoms with Gasteiger partial charge in [-0.05, 0) is 49.6 Å². The van der Waals surface area contributed by atoms with Crippen molar-refractivity contribution in [2.24, 2.45) is 0 Å². The molecule has 30 heavy (non-hydrogen) atoms. The molecule has 0 radical (unpaired) electrons. The van der Waals surface area contributed by atoms with Gasteiger partial charge in [-0.15, -0.1) is 0 Å². The second-order valence-electron chi connectivity index (χ2n) is 7.94. The van der Waals surface area contributed by atoms with Crippen LogP contribution in [0.25, 0.3) is 10.9 Å². The number of esters is 1. The number of amides is 1. The molecule has 0 bridgehead atoms. The molecule has 0 unspecified atom stereocenters. The minimum absolute atomic E-state index is 0.0416. The average Bonchev–Trinajstić information content (AvgIpc) is 3.16. The number of rotatable bonds is 4. The fraction of sp³-hybridized carbons (Fsp3) is 0.304. The summed E-state index contributed by atoms with van der Waals surface area (Å²) in [5, 5.41) is 0.569. The molecule has 0 saturated heterocycles. The maximum atomic E-state index is 13.4. The lowest BCUT2D eigenvalue weighted by molar-refractivity contribution is -0.148. The number of anilines is 1. The molecular formula is C23H24N4O3. The summed E-state index contributed by atoms with van der Waals surface area (Å²) in [6.45, 7) is 6.71. The smallest absolute Gasteiger partial charge is 0.315 e. The molecule has 1 amide bonds. The number of carbonyl (C=O) groups is 2. The number of nitrogen functional groups attached to an aromatic ring is 1. The molecule has 0 saturated carbocycles. The van der Waals surface area contributed by atoms with E-state index in [9.17, 15) is 9.59 Å². The van der Waals surface area contributed by atoms with E-state index < -0.39 is 5.41 Å². The largest absolute Gasteiger partial charge is 0.465 e. The van der Waals surface area contributed by atoms with Gasteiger partial charge >= 0.3 is 5.97 Å². The first kappa shape index (κ1) is 19.8. The first-order valence-electron chi connectivity index (χ1n) is 9.92. The molecule has 0 fully saturated rings. The Kier molecular flexibility index (Phi) is 4.89. The molecule has 7 nitrogen and oxygen atoms in total. The Bertz CT molecular complexity index is 1130. The molecule has 0 spiro atoms. The zero-order valence-electron chi connectivity index (χ0n) is 17.3. The van der Waals surface area contributed by atoms with E-state index in [1.165, 1.54) is 0 Å². The quantitative estimate of drug-likeness (QED) is 0.671. The molecule has 0 atom stereocenters. The van der Waals surface area contributed by atoms with Crippen molar-refractivity contribution in [1.82, 2.24) is 14.9 Å². The Hall–Kier alpha value is -3.48. The highest BCUT2D eigenvalue weighted by Crippen LogP contribution is 2.30. The fourth-order valence-corrected chi connectivity index (χ4v) is 3.75. The molecule has 0 aliphatic carbocycles. The number of carbonyl (C=O) groups excluding carboxylic acids is 2. The van der Waals surface area contributed by atoms with E-state index >= 15 is 0 Å². The third-order valence-electron chi connectivity index (χ3n) is 5.55. The third kappa shape index (κ3) is 3.36. The standard InChI is InChI=1S/C23H24N4O3/c1-4-30-21(29)23(2,3)16-9-10-18-17(11-16)19(26-22(24)25-18)20(28)27-12-14-7-5-6-8-15(14)13-27/h5-11H,4,12-13H2,1-3H3,(H2,24,25,26). The van der Waals surface area contributed by atoms with E-state index in [0.29, 0.717) is 30.6 Å². The van der Waals surface area contributed by atoms with Gasteiger partial charge in [0.25, 0.3) is 5.91 Å². The molecule has 2 heterocycles. The highest BCUT2D eigenvalue weighted by molar-refractivity contribution is 6.05. The number of fused-ring (bicyclic) bond motifs is 2. The van der Waals surface area contributed by atoms with Crippen molar-refractivity contribution in [3.63, 3.8) is 0 Å². The van der Waals surface area contributed by atoms with E-state index in [1.807, 2.05) is 30.3 Å². The van der Waals surface area contributed by atoms with Crippen molar-refractivity contribution in [3.05, 3.63) is 64.8 Å². The SMILES string of the molecule is CCOC(=O)C(C)(C)c1ccc2nc(N)nc(C(=O)N3Cc4ccccc4C3)c2c1. The number of ether oxygens (including phenoxy) is 1. The van der Waals surface area contributed by atoms with Crippen molar-refractivity contribution in [2.45, 2.75) is 39.3 Å². The Morgan fingerprint density at radius 2 is 1.77 bits per heavy atom. The van der Waals surface area contributed by atoms with E-state index in [-0.39, 0.29) is 23.5 Å². The van der Waals surface area contributed by atoms with Gasteiger partial charge in [-0.1, -0.05) is 30.3 Å². The van der Waals surface area contributed by atoms with Gasteiger partial charge in [0.2, 0.25) is 5.95 Å². The van der Waals surface area contributed by atoms with Crippen molar-refractivity contribution in [1.29, 1.82) is 0 Å².